The molecule has 2 aliphatic rings. The molecule has 2 heterocycles. The standard InChI is InChI=1S/C14H15BrN2O2S/c15-10-1-3-11(4-2-10)17-13(18)9-12(14(17)19)16-5-7-20-8-6-16/h1-4,12H,5-9H2/t12-/m0/s1. The molecule has 2 saturated heterocycles. The van der Waals surface area contributed by atoms with E-state index in [1.165, 1.54) is 4.90 Å². The van der Waals surface area contributed by atoms with Crippen LogP contribution in [-0.4, -0.2) is 47.4 Å². The van der Waals surface area contributed by atoms with Crippen molar-refractivity contribution in [3.8, 4) is 0 Å². The zero-order valence-electron chi connectivity index (χ0n) is 10.9. The number of benzene rings is 1. The molecule has 6 heteroatoms. The topological polar surface area (TPSA) is 40.6 Å². The number of nitrogens with zero attached hydrogens (tertiary/aromatic N) is 2. The van der Waals surface area contributed by atoms with E-state index >= 15 is 0 Å². The minimum Gasteiger partial charge on any atom is -0.290 e. The van der Waals surface area contributed by atoms with Gasteiger partial charge in [0.15, 0.2) is 0 Å². The van der Waals surface area contributed by atoms with Gasteiger partial charge in [0.1, 0.15) is 0 Å². The van der Waals surface area contributed by atoms with Crippen molar-refractivity contribution in [2.24, 2.45) is 0 Å². The number of anilines is 1. The van der Waals surface area contributed by atoms with Crippen LogP contribution in [0.15, 0.2) is 28.7 Å². The quantitative estimate of drug-likeness (QED) is 0.763. The van der Waals surface area contributed by atoms with E-state index in [2.05, 4.69) is 20.8 Å². The Hall–Kier alpha value is -0.850. The van der Waals surface area contributed by atoms with Gasteiger partial charge in [-0.2, -0.15) is 11.8 Å². The molecule has 2 fully saturated rings. The Balaban J connectivity index is 1.81. The minimum absolute atomic E-state index is 0.0794. The lowest BCUT2D eigenvalue weighted by Gasteiger charge is -2.30. The van der Waals surface area contributed by atoms with Gasteiger partial charge in [0.25, 0.3) is 5.91 Å². The highest BCUT2D eigenvalue weighted by Gasteiger charge is 2.42. The van der Waals surface area contributed by atoms with E-state index in [4.69, 9.17) is 0 Å². The molecule has 3 rings (SSSR count). The summed E-state index contributed by atoms with van der Waals surface area (Å²) in [5.74, 6) is 1.90. The van der Waals surface area contributed by atoms with Gasteiger partial charge in [-0.15, -0.1) is 0 Å². The largest absolute Gasteiger partial charge is 0.290 e. The first kappa shape index (κ1) is 14.1. The van der Waals surface area contributed by atoms with E-state index in [9.17, 15) is 9.59 Å². The molecule has 2 aliphatic heterocycles. The number of rotatable bonds is 2. The van der Waals surface area contributed by atoms with Gasteiger partial charge in [0.2, 0.25) is 5.91 Å². The number of thioether (sulfide) groups is 1. The van der Waals surface area contributed by atoms with Crippen molar-refractivity contribution in [1.29, 1.82) is 0 Å². The number of imide groups is 1. The fourth-order valence-electron chi connectivity index (χ4n) is 2.65. The van der Waals surface area contributed by atoms with E-state index in [0.717, 1.165) is 29.1 Å². The monoisotopic (exact) mass is 354 g/mol. The van der Waals surface area contributed by atoms with E-state index in [1.54, 1.807) is 12.1 Å². The molecule has 0 aliphatic carbocycles. The van der Waals surface area contributed by atoms with Gasteiger partial charge in [0.05, 0.1) is 18.2 Å². The van der Waals surface area contributed by atoms with Crippen LogP contribution in [0, 0.1) is 0 Å². The molecule has 1 aromatic carbocycles. The van der Waals surface area contributed by atoms with Crippen molar-refractivity contribution in [2.75, 3.05) is 29.5 Å². The molecule has 1 atom stereocenters. The zero-order chi connectivity index (χ0) is 14.1. The van der Waals surface area contributed by atoms with Crippen molar-refractivity contribution in [2.45, 2.75) is 12.5 Å². The summed E-state index contributed by atoms with van der Waals surface area (Å²) in [6, 6.07) is 7.02. The second kappa shape index (κ2) is 5.87. The van der Waals surface area contributed by atoms with Crippen molar-refractivity contribution in [3.05, 3.63) is 28.7 Å². The molecule has 1 aromatic rings. The Morgan fingerprint density at radius 1 is 1.10 bits per heavy atom. The maximum Gasteiger partial charge on any atom is 0.251 e. The molecule has 0 N–H and O–H groups in total. The third-order valence-corrected chi connectivity index (χ3v) is 5.17. The smallest absolute Gasteiger partial charge is 0.251 e. The summed E-state index contributed by atoms with van der Waals surface area (Å²) in [7, 11) is 0. The Kier molecular flexibility index (Phi) is 4.14. The fraction of sp³-hybridized carbons (Fsp3) is 0.429. The van der Waals surface area contributed by atoms with Crippen LogP contribution in [0.1, 0.15) is 6.42 Å². The van der Waals surface area contributed by atoms with Gasteiger partial charge in [-0.3, -0.25) is 14.5 Å². The first-order chi connectivity index (χ1) is 9.66. The van der Waals surface area contributed by atoms with Crippen LogP contribution >= 0.6 is 27.7 Å². The highest BCUT2D eigenvalue weighted by atomic mass is 79.9. The van der Waals surface area contributed by atoms with Crippen LogP contribution in [0.4, 0.5) is 5.69 Å². The molecule has 0 aromatic heterocycles. The lowest BCUT2D eigenvalue weighted by Crippen LogP contribution is -2.45. The Morgan fingerprint density at radius 2 is 1.75 bits per heavy atom. The molecule has 0 radical (unpaired) electrons. The molecule has 106 valence electrons. The Labute approximate surface area is 130 Å². The SMILES string of the molecule is O=C1C[C@H](N2CCSCC2)C(=O)N1c1ccc(Br)cc1. The highest BCUT2D eigenvalue weighted by Crippen LogP contribution is 2.28. The number of carbonyl (C=O) groups is 2. The average molecular weight is 355 g/mol. The fourth-order valence-corrected chi connectivity index (χ4v) is 3.85. The minimum atomic E-state index is -0.271. The summed E-state index contributed by atoms with van der Waals surface area (Å²) < 4.78 is 0.935. The predicted molar refractivity (Wildman–Crippen MR) is 83.9 cm³/mol. The Morgan fingerprint density at radius 3 is 2.40 bits per heavy atom. The van der Waals surface area contributed by atoms with E-state index in [0.29, 0.717) is 12.1 Å². The zero-order valence-corrected chi connectivity index (χ0v) is 13.3. The molecule has 0 unspecified atom stereocenters. The highest BCUT2D eigenvalue weighted by molar-refractivity contribution is 9.10. The second-order valence-electron chi connectivity index (χ2n) is 4.91. The van der Waals surface area contributed by atoms with Crippen LogP contribution in [0.5, 0.6) is 0 Å². The van der Waals surface area contributed by atoms with Crippen LogP contribution in [-0.2, 0) is 9.59 Å². The first-order valence-corrected chi connectivity index (χ1v) is 8.56. The van der Waals surface area contributed by atoms with Gasteiger partial charge in [-0.05, 0) is 24.3 Å². The van der Waals surface area contributed by atoms with Crippen LogP contribution in [0.25, 0.3) is 0 Å². The summed E-state index contributed by atoms with van der Waals surface area (Å²) >= 11 is 5.26. The average Bonchev–Trinajstić information content (AvgIpc) is 2.76. The maximum atomic E-state index is 12.5. The van der Waals surface area contributed by atoms with Gasteiger partial charge in [0, 0.05) is 29.1 Å². The van der Waals surface area contributed by atoms with Gasteiger partial charge < -0.3 is 0 Å². The first-order valence-electron chi connectivity index (χ1n) is 6.61. The van der Waals surface area contributed by atoms with Crippen LogP contribution in [0.2, 0.25) is 0 Å². The molecule has 4 nitrogen and oxygen atoms in total. The lowest BCUT2D eigenvalue weighted by molar-refractivity contribution is -0.122. The van der Waals surface area contributed by atoms with E-state index in [1.807, 2.05) is 23.9 Å². The predicted octanol–water partition coefficient (Wildman–Crippen LogP) is 2.13. The Bertz CT molecular complexity index is 528. The molecule has 0 bridgehead atoms. The maximum absolute atomic E-state index is 12.5. The van der Waals surface area contributed by atoms with Gasteiger partial charge in [-0.1, -0.05) is 15.9 Å². The number of amides is 2. The summed E-state index contributed by atoms with van der Waals surface area (Å²) in [4.78, 5) is 28.2. The normalized spacial score (nSPS) is 24.4. The molecular weight excluding hydrogens is 340 g/mol. The van der Waals surface area contributed by atoms with Crippen molar-refractivity contribution < 1.29 is 9.59 Å². The van der Waals surface area contributed by atoms with Crippen molar-refractivity contribution in [3.63, 3.8) is 0 Å². The second-order valence-corrected chi connectivity index (χ2v) is 7.05. The summed E-state index contributed by atoms with van der Waals surface area (Å²) in [6.07, 6.45) is 0.305. The van der Waals surface area contributed by atoms with E-state index < -0.39 is 0 Å². The van der Waals surface area contributed by atoms with Crippen LogP contribution < -0.4 is 4.90 Å². The number of carbonyl (C=O) groups excluding carboxylic acids is 2. The van der Waals surface area contributed by atoms with Gasteiger partial charge in [-0.25, -0.2) is 4.90 Å². The van der Waals surface area contributed by atoms with E-state index in [-0.39, 0.29) is 17.9 Å². The summed E-state index contributed by atoms with van der Waals surface area (Å²) in [6.45, 7) is 1.78. The molecule has 0 spiro atoms. The molecule has 2 amide bonds. The van der Waals surface area contributed by atoms with Crippen molar-refractivity contribution >= 4 is 45.2 Å². The summed E-state index contributed by atoms with van der Waals surface area (Å²) in [5, 5.41) is 0. The number of hydrogen-bond acceptors (Lipinski definition) is 4. The molecule has 20 heavy (non-hydrogen) atoms. The van der Waals surface area contributed by atoms with Crippen molar-refractivity contribution in [1.82, 2.24) is 4.90 Å². The number of hydrogen-bond donors (Lipinski definition) is 0. The van der Waals surface area contributed by atoms with Crippen LogP contribution in [0.3, 0.4) is 0 Å². The summed E-state index contributed by atoms with van der Waals surface area (Å²) in [5.41, 5.74) is 0.664. The third kappa shape index (κ3) is 2.64. The lowest BCUT2D eigenvalue weighted by atomic mass is 10.2. The number of halogens is 1. The molecular formula is C14H15BrN2O2S. The molecule has 0 saturated carbocycles. The third-order valence-electron chi connectivity index (χ3n) is 3.69. The van der Waals surface area contributed by atoms with Gasteiger partial charge >= 0.3 is 0 Å².